The van der Waals surface area contributed by atoms with Gasteiger partial charge in [-0.15, -0.1) is 0 Å². The first-order valence-electron chi connectivity index (χ1n) is 9.07. The van der Waals surface area contributed by atoms with Crippen LogP contribution in [0.5, 0.6) is 0 Å². The Morgan fingerprint density at radius 1 is 1.08 bits per heavy atom. The lowest BCUT2D eigenvalue weighted by Crippen LogP contribution is -2.53. The van der Waals surface area contributed by atoms with Crippen molar-refractivity contribution < 1.29 is 0 Å². The Bertz CT molecular complexity index is 891. The number of fused-ring (bicyclic) bond motifs is 1. The SMILES string of the molecule is N#Cc1ccc2c(c1)NC(=NCc1cccc(Cl)c1)C1(CCCCC1)N2. The van der Waals surface area contributed by atoms with E-state index in [2.05, 4.69) is 16.7 Å². The van der Waals surface area contributed by atoms with Gasteiger partial charge < -0.3 is 10.6 Å². The van der Waals surface area contributed by atoms with E-state index in [1.807, 2.05) is 42.5 Å². The van der Waals surface area contributed by atoms with Gasteiger partial charge >= 0.3 is 0 Å². The van der Waals surface area contributed by atoms with Crippen molar-refractivity contribution in [1.29, 1.82) is 5.26 Å². The average Bonchev–Trinajstić information content (AvgIpc) is 2.67. The van der Waals surface area contributed by atoms with Crippen molar-refractivity contribution in [1.82, 2.24) is 0 Å². The van der Waals surface area contributed by atoms with Gasteiger partial charge in [-0.3, -0.25) is 4.99 Å². The van der Waals surface area contributed by atoms with Gasteiger partial charge in [-0.1, -0.05) is 43.0 Å². The van der Waals surface area contributed by atoms with Gasteiger partial charge in [0.1, 0.15) is 5.84 Å². The third kappa shape index (κ3) is 3.27. The van der Waals surface area contributed by atoms with Gasteiger partial charge in [-0.25, -0.2) is 0 Å². The number of nitriles is 1. The zero-order valence-corrected chi connectivity index (χ0v) is 15.3. The van der Waals surface area contributed by atoms with E-state index in [1.54, 1.807) is 0 Å². The average molecular weight is 365 g/mol. The molecule has 1 spiro atoms. The molecule has 1 aliphatic heterocycles. The van der Waals surface area contributed by atoms with Gasteiger partial charge in [0, 0.05) is 5.02 Å². The highest BCUT2D eigenvalue weighted by molar-refractivity contribution is 6.30. The van der Waals surface area contributed by atoms with Gasteiger partial charge in [0.25, 0.3) is 0 Å². The number of anilines is 2. The number of amidine groups is 1. The Morgan fingerprint density at radius 2 is 1.92 bits per heavy atom. The predicted molar refractivity (Wildman–Crippen MR) is 107 cm³/mol. The molecular formula is C21H21ClN4. The molecule has 0 atom stereocenters. The smallest absolute Gasteiger partial charge is 0.127 e. The van der Waals surface area contributed by atoms with Crippen molar-refractivity contribution in [3.8, 4) is 6.07 Å². The van der Waals surface area contributed by atoms with E-state index in [0.29, 0.717) is 12.1 Å². The fraction of sp³-hybridized carbons (Fsp3) is 0.333. The maximum absolute atomic E-state index is 9.18. The molecular weight excluding hydrogens is 344 g/mol. The summed E-state index contributed by atoms with van der Waals surface area (Å²) < 4.78 is 0. The molecule has 1 aliphatic carbocycles. The number of rotatable bonds is 2. The molecule has 132 valence electrons. The molecule has 1 heterocycles. The van der Waals surface area contributed by atoms with Crippen molar-refractivity contribution in [3.63, 3.8) is 0 Å². The maximum atomic E-state index is 9.18. The van der Waals surface area contributed by atoms with E-state index in [0.717, 1.165) is 40.6 Å². The number of nitrogens with one attached hydrogen (secondary N) is 2. The van der Waals surface area contributed by atoms with E-state index >= 15 is 0 Å². The van der Waals surface area contributed by atoms with Crippen molar-refractivity contribution >= 4 is 28.8 Å². The zero-order valence-electron chi connectivity index (χ0n) is 14.6. The van der Waals surface area contributed by atoms with Crippen LogP contribution in [0.25, 0.3) is 0 Å². The van der Waals surface area contributed by atoms with Crippen LogP contribution in [-0.4, -0.2) is 11.4 Å². The van der Waals surface area contributed by atoms with Crippen LogP contribution in [0.4, 0.5) is 11.4 Å². The first-order chi connectivity index (χ1) is 12.7. The number of aliphatic imine (C=N–C) groups is 1. The van der Waals surface area contributed by atoms with Crippen LogP contribution in [0.1, 0.15) is 43.2 Å². The van der Waals surface area contributed by atoms with Crippen LogP contribution in [0.3, 0.4) is 0 Å². The highest BCUT2D eigenvalue weighted by Crippen LogP contribution is 2.40. The van der Waals surface area contributed by atoms with Crippen molar-refractivity contribution in [2.75, 3.05) is 10.6 Å². The molecule has 0 amide bonds. The summed E-state index contributed by atoms with van der Waals surface area (Å²) in [4.78, 5) is 4.93. The zero-order chi connectivity index (χ0) is 18.0. The summed E-state index contributed by atoms with van der Waals surface area (Å²) in [5.74, 6) is 0.972. The van der Waals surface area contributed by atoms with Crippen LogP contribution < -0.4 is 10.6 Å². The Labute approximate surface area is 158 Å². The molecule has 0 bridgehead atoms. The minimum absolute atomic E-state index is 0.141. The van der Waals surface area contributed by atoms with Gasteiger partial charge in [0.05, 0.1) is 35.1 Å². The second-order valence-corrected chi connectivity index (χ2v) is 7.50. The number of benzene rings is 2. The molecule has 0 saturated heterocycles. The number of hydrogen-bond acceptors (Lipinski definition) is 3. The molecule has 5 heteroatoms. The molecule has 4 nitrogen and oxygen atoms in total. The third-order valence-electron chi connectivity index (χ3n) is 5.24. The first kappa shape index (κ1) is 16.9. The second-order valence-electron chi connectivity index (χ2n) is 7.06. The number of halogens is 1. The minimum atomic E-state index is -0.141. The monoisotopic (exact) mass is 364 g/mol. The summed E-state index contributed by atoms with van der Waals surface area (Å²) in [5.41, 5.74) is 3.57. The van der Waals surface area contributed by atoms with Crippen LogP contribution in [-0.2, 0) is 6.54 Å². The van der Waals surface area contributed by atoms with Crippen molar-refractivity contribution in [2.45, 2.75) is 44.2 Å². The summed E-state index contributed by atoms with van der Waals surface area (Å²) in [6.07, 6.45) is 5.78. The summed E-state index contributed by atoms with van der Waals surface area (Å²) in [6, 6.07) is 15.8. The Hall–Kier alpha value is -2.51. The molecule has 2 aromatic rings. The van der Waals surface area contributed by atoms with Gasteiger partial charge in [0.15, 0.2) is 0 Å². The largest absolute Gasteiger partial charge is 0.371 e. The first-order valence-corrected chi connectivity index (χ1v) is 9.45. The number of hydrogen-bond donors (Lipinski definition) is 2. The van der Waals surface area contributed by atoms with E-state index < -0.39 is 0 Å². The highest BCUT2D eigenvalue weighted by Gasteiger charge is 2.40. The van der Waals surface area contributed by atoms with E-state index in [9.17, 15) is 5.26 Å². The molecule has 1 fully saturated rings. The third-order valence-corrected chi connectivity index (χ3v) is 5.48. The molecule has 0 aromatic heterocycles. The molecule has 2 aliphatic rings. The van der Waals surface area contributed by atoms with Crippen molar-refractivity contribution in [2.24, 2.45) is 4.99 Å². The summed E-state index contributed by atoms with van der Waals surface area (Å²) in [7, 11) is 0. The lowest BCUT2D eigenvalue weighted by atomic mass is 9.79. The quantitative estimate of drug-likeness (QED) is 0.755. The Kier molecular flexibility index (Phi) is 4.57. The summed E-state index contributed by atoms with van der Waals surface area (Å²) in [5, 5.41) is 17.2. The van der Waals surface area contributed by atoms with Crippen LogP contribution in [0.2, 0.25) is 5.02 Å². The Balaban J connectivity index is 1.69. The van der Waals surface area contributed by atoms with E-state index in [4.69, 9.17) is 16.6 Å². The Morgan fingerprint density at radius 3 is 2.69 bits per heavy atom. The second kappa shape index (κ2) is 7.01. The van der Waals surface area contributed by atoms with Crippen LogP contribution in [0, 0.1) is 11.3 Å². The standard InChI is InChI=1S/C21H21ClN4/c22-17-6-4-5-16(11-17)14-24-20-21(9-2-1-3-10-21)26-18-8-7-15(13-23)12-19(18)25-20/h4-8,11-12,26H,1-3,9-10,14H2,(H,24,25). The van der Waals surface area contributed by atoms with E-state index in [-0.39, 0.29) is 5.54 Å². The summed E-state index contributed by atoms with van der Waals surface area (Å²) >= 11 is 6.10. The highest BCUT2D eigenvalue weighted by atomic mass is 35.5. The molecule has 0 radical (unpaired) electrons. The fourth-order valence-corrected chi connectivity index (χ4v) is 4.12. The minimum Gasteiger partial charge on any atom is -0.371 e. The molecule has 0 unspecified atom stereocenters. The van der Waals surface area contributed by atoms with Crippen LogP contribution in [0.15, 0.2) is 47.5 Å². The molecule has 1 saturated carbocycles. The van der Waals surface area contributed by atoms with Crippen LogP contribution >= 0.6 is 11.6 Å². The predicted octanol–water partition coefficient (Wildman–Crippen LogP) is 5.35. The topological polar surface area (TPSA) is 60.2 Å². The van der Waals surface area contributed by atoms with Gasteiger partial charge in [-0.05, 0) is 48.7 Å². The molecule has 2 N–H and O–H groups in total. The fourth-order valence-electron chi connectivity index (χ4n) is 3.90. The lowest BCUT2D eigenvalue weighted by Gasteiger charge is -2.44. The lowest BCUT2D eigenvalue weighted by molar-refractivity contribution is 0.403. The number of nitrogens with zero attached hydrogens (tertiary/aromatic N) is 2. The molecule has 4 rings (SSSR count). The van der Waals surface area contributed by atoms with Gasteiger partial charge in [0.2, 0.25) is 0 Å². The summed E-state index contributed by atoms with van der Waals surface area (Å²) in [6.45, 7) is 0.583. The van der Waals surface area contributed by atoms with Gasteiger partial charge in [-0.2, -0.15) is 5.26 Å². The van der Waals surface area contributed by atoms with Crippen molar-refractivity contribution in [3.05, 3.63) is 58.6 Å². The maximum Gasteiger partial charge on any atom is 0.127 e. The molecule has 26 heavy (non-hydrogen) atoms. The molecule has 2 aromatic carbocycles. The van der Waals surface area contributed by atoms with E-state index in [1.165, 1.54) is 19.3 Å². The normalized spacial score (nSPS) is 19.3.